The Morgan fingerprint density at radius 1 is 1.19 bits per heavy atom. The molecule has 0 spiro atoms. The van der Waals surface area contributed by atoms with E-state index < -0.39 is 16.3 Å². The molecule has 0 aliphatic heterocycles. The maximum atomic E-state index is 12.4. The Bertz CT molecular complexity index is 812. The topological polar surface area (TPSA) is 114 Å². The Morgan fingerprint density at radius 3 is 2.62 bits per heavy atom. The number of benzene rings is 1. The van der Waals surface area contributed by atoms with Crippen LogP contribution in [0.5, 0.6) is 11.5 Å². The molecule has 0 saturated heterocycles. The lowest BCUT2D eigenvalue weighted by molar-refractivity contribution is 0.146. The van der Waals surface area contributed by atoms with Gasteiger partial charge < -0.3 is 19.3 Å². The van der Waals surface area contributed by atoms with Crippen molar-refractivity contribution in [1.29, 1.82) is 0 Å². The van der Waals surface area contributed by atoms with Crippen LogP contribution in [0.15, 0.2) is 18.2 Å². The Hall–Kier alpha value is -2.04. The summed E-state index contributed by atoms with van der Waals surface area (Å²) in [7, 11) is -2.47. The van der Waals surface area contributed by atoms with E-state index in [0.29, 0.717) is 60.8 Å². The molecule has 32 heavy (non-hydrogen) atoms. The summed E-state index contributed by atoms with van der Waals surface area (Å²) in [4.78, 5) is 11.6. The van der Waals surface area contributed by atoms with E-state index in [0.717, 1.165) is 31.2 Å². The van der Waals surface area contributed by atoms with Crippen molar-refractivity contribution in [3.05, 3.63) is 23.8 Å². The second-order valence-corrected chi connectivity index (χ2v) is 9.61. The Balaban J connectivity index is 1.97. The van der Waals surface area contributed by atoms with E-state index in [1.807, 2.05) is 25.1 Å². The summed E-state index contributed by atoms with van der Waals surface area (Å²) in [6, 6.07) is 5.54. The van der Waals surface area contributed by atoms with Crippen molar-refractivity contribution in [3.63, 3.8) is 0 Å². The van der Waals surface area contributed by atoms with Crippen molar-refractivity contribution < 1.29 is 32.5 Å². The third kappa shape index (κ3) is 9.22. The van der Waals surface area contributed by atoms with Gasteiger partial charge in [-0.2, -0.15) is 17.4 Å². The summed E-state index contributed by atoms with van der Waals surface area (Å²) < 4.78 is 44.3. The quantitative estimate of drug-likeness (QED) is 0.334. The number of nitrogens with one attached hydrogen (secondary N) is 1. The predicted octanol–water partition coefficient (Wildman–Crippen LogP) is 3.44. The summed E-state index contributed by atoms with van der Waals surface area (Å²) in [6.45, 7) is 3.64. The number of hydrogen-bond acceptors (Lipinski definition) is 6. The van der Waals surface area contributed by atoms with Crippen LogP contribution in [0.25, 0.3) is 0 Å². The van der Waals surface area contributed by atoms with Crippen molar-refractivity contribution in [2.24, 2.45) is 5.92 Å². The summed E-state index contributed by atoms with van der Waals surface area (Å²) in [5.41, 5.74) is 0.892. The molecule has 0 heterocycles. The maximum absolute atomic E-state index is 12.4. The van der Waals surface area contributed by atoms with E-state index in [4.69, 9.17) is 14.2 Å². The highest BCUT2D eigenvalue weighted by Gasteiger charge is 2.26. The number of ether oxygens (including phenoxy) is 3. The van der Waals surface area contributed by atoms with Gasteiger partial charge in [-0.1, -0.05) is 25.8 Å². The molecule has 0 atom stereocenters. The van der Waals surface area contributed by atoms with Gasteiger partial charge in [0, 0.05) is 26.3 Å². The van der Waals surface area contributed by atoms with Crippen LogP contribution in [0.4, 0.5) is 4.79 Å². The van der Waals surface area contributed by atoms with Gasteiger partial charge in [-0.15, -0.1) is 0 Å². The first-order valence-electron chi connectivity index (χ1n) is 11.2. The first kappa shape index (κ1) is 26.2. The minimum absolute atomic E-state index is 0.132. The Morgan fingerprint density at radius 2 is 1.97 bits per heavy atom. The van der Waals surface area contributed by atoms with Crippen molar-refractivity contribution in [2.45, 2.75) is 51.9 Å². The number of methoxy groups -OCH3 is 1. The Labute approximate surface area is 191 Å². The average molecular weight is 473 g/mol. The molecule has 1 aliphatic carbocycles. The fourth-order valence-electron chi connectivity index (χ4n) is 3.09. The van der Waals surface area contributed by atoms with Crippen molar-refractivity contribution in [3.8, 4) is 11.5 Å². The van der Waals surface area contributed by atoms with Crippen LogP contribution in [-0.2, 0) is 21.4 Å². The molecule has 0 unspecified atom stereocenters. The van der Waals surface area contributed by atoms with E-state index in [1.54, 1.807) is 7.11 Å². The molecule has 1 aromatic rings. The number of carbonyl (C=O) groups is 1. The molecule has 1 fully saturated rings. The summed E-state index contributed by atoms with van der Waals surface area (Å²) in [5.74, 6) is 1.93. The molecule has 1 amide bonds. The molecule has 182 valence electrons. The minimum Gasteiger partial charge on any atom is -0.493 e. The molecular weight excluding hydrogens is 436 g/mol. The maximum Gasteiger partial charge on any atom is 0.422 e. The largest absolute Gasteiger partial charge is 0.493 e. The number of nitrogens with zero attached hydrogens (tertiary/aromatic N) is 1. The van der Waals surface area contributed by atoms with Crippen LogP contribution >= 0.6 is 0 Å². The van der Waals surface area contributed by atoms with E-state index in [1.165, 1.54) is 0 Å². The zero-order valence-electron chi connectivity index (χ0n) is 19.0. The normalized spacial score (nSPS) is 13.7. The summed E-state index contributed by atoms with van der Waals surface area (Å²) in [5, 5.41) is 9.41. The van der Waals surface area contributed by atoms with Crippen molar-refractivity contribution in [2.75, 3.05) is 40.0 Å². The molecule has 0 bridgehead atoms. The smallest absolute Gasteiger partial charge is 0.422 e. The Kier molecular flexibility index (Phi) is 11.1. The lowest BCUT2D eigenvalue weighted by Gasteiger charge is -2.20. The van der Waals surface area contributed by atoms with Gasteiger partial charge in [0.2, 0.25) is 0 Å². The van der Waals surface area contributed by atoms with E-state index in [-0.39, 0.29) is 13.1 Å². The zero-order valence-corrected chi connectivity index (χ0v) is 19.9. The molecule has 2 rings (SSSR count). The van der Waals surface area contributed by atoms with E-state index >= 15 is 0 Å². The highest BCUT2D eigenvalue weighted by atomic mass is 32.2. The van der Waals surface area contributed by atoms with Gasteiger partial charge in [-0.05, 0) is 49.7 Å². The second-order valence-electron chi connectivity index (χ2n) is 7.93. The van der Waals surface area contributed by atoms with Crippen LogP contribution in [0.3, 0.4) is 0 Å². The van der Waals surface area contributed by atoms with Crippen LogP contribution in [0, 0.1) is 5.92 Å². The SMILES string of the molecule is CCCCCNS(=O)(=O)N(CCCc1ccc(OCCOC)cc1OCC1CC1)C(=O)O. The summed E-state index contributed by atoms with van der Waals surface area (Å²) >= 11 is 0. The fourth-order valence-corrected chi connectivity index (χ4v) is 4.22. The van der Waals surface area contributed by atoms with Gasteiger partial charge in [0.05, 0.1) is 13.2 Å². The predicted molar refractivity (Wildman–Crippen MR) is 122 cm³/mol. The molecule has 1 aromatic carbocycles. The van der Waals surface area contributed by atoms with Crippen molar-refractivity contribution >= 4 is 16.3 Å². The first-order valence-corrected chi connectivity index (χ1v) is 12.7. The average Bonchev–Trinajstić information content (AvgIpc) is 3.58. The zero-order chi connectivity index (χ0) is 23.4. The molecular formula is C22H36N2O7S. The van der Waals surface area contributed by atoms with Gasteiger partial charge in [0.25, 0.3) is 0 Å². The highest BCUT2D eigenvalue weighted by Crippen LogP contribution is 2.32. The third-order valence-corrected chi connectivity index (χ3v) is 6.63. The molecule has 0 radical (unpaired) electrons. The van der Waals surface area contributed by atoms with Crippen LogP contribution < -0.4 is 14.2 Å². The number of amides is 1. The number of rotatable bonds is 17. The van der Waals surface area contributed by atoms with Gasteiger partial charge in [-0.25, -0.2) is 4.79 Å². The van der Waals surface area contributed by atoms with Gasteiger partial charge in [0.1, 0.15) is 18.1 Å². The van der Waals surface area contributed by atoms with Gasteiger partial charge in [0.15, 0.2) is 0 Å². The number of hydrogen-bond donors (Lipinski definition) is 2. The van der Waals surface area contributed by atoms with Crippen LogP contribution in [0.1, 0.15) is 51.0 Å². The minimum atomic E-state index is -4.08. The second kappa shape index (κ2) is 13.5. The van der Waals surface area contributed by atoms with E-state index in [9.17, 15) is 18.3 Å². The first-order chi connectivity index (χ1) is 15.4. The summed E-state index contributed by atoms with van der Waals surface area (Å²) in [6.07, 6.45) is 4.16. The number of unbranched alkanes of at least 4 members (excludes halogenated alkanes) is 2. The van der Waals surface area contributed by atoms with Crippen LogP contribution in [-0.4, -0.2) is 63.9 Å². The third-order valence-electron chi connectivity index (χ3n) is 5.14. The number of carboxylic acid groups (broad SMARTS) is 1. The van der Waals surface area contributed by atoms with Crippen LogP contribution in [0.2, 0.25) is 0 Å². The molecule has 0 aromatic heterocycles. The lowest BCUT2D eigenvalue weighted by Crippen LogP contribution is -2.44. The molecule has 1 aliphatic rings. The molecule has 1 saturated carbocycles. The van der Waals surface area contributed by atoms with Gasteiger partial charge >= 0.3 is 16.3 Å². The van der Waals surface area contributed by atoms with Crippen molar-refractivity contribution in [1.82, 2.24) is 9.03 Å². The molecule has 10 heteroatoms. The number of aryl methyl sites for hydroxylation is 1. The molecule has 2 N–H and O–H groups in total. The standard InChI is InChI=1S/C22H36N2O7S/c1-3-4-5-12-23-32(27,28)24(22(25)26)13-6-7-19-10-11-20(30-15-14-29-2)16-21(19)31-17-18-8-9-18/h10-11,16,18,23H,3-9,12-15,17H2,1-2H3,(H,25,26). The monoisotopic (exact) mass is 472 g/mol. The van der Waals surface area contributed by atoms with Gasteiger partial charge in [-0.3, -0.25) is 0 Å². The molecule has 9 nitrogen and oxygen atoms in total. The highest BCUT2D eigenvalue weighted by molar-refractivity contribution is 7.87. The fraction of sp³-hybridized carbons (Fsp3) is 0.682. The lowest BCUT2D eigenvalue weighted by atomic mass is 10.1. The van der Waals surface area contributed by atoms with E-state index in [2.05, 4.69) is 4.72 Å².